The molecule has 2 unspecified atom stereocenters. The molecule has 0 heterocycles. The van der Waals surface area contributed by atoms with Crippen LogP contribution in [0.25, 0.3) is 0 Å². The summed E-state index contributed by atoms with van der Waals surface area (Å²) in [6.07, 6.45) is -0.627. The minimum Gasteiger partial charge on any atom is -0.497 e. The van der Waals surface area contributed by atoms with Crippen molar-refractivity contribution in [2.75, 3.05) is 21.3 Å². The minimum atomic E-state index is -2.06. The van der Waals surface area contributed by atoms with Gasteiger partial charge in [-0.1, -0.05) is 12.1 Å². The predicted molar refractivity (Wildman–Crippen MR) is 118 cm³/mol. The molecule has 0 saturated carbocycles. The summed E-state index contributed by atoms with van der Waals surface area (Å²) < 4.78 is 21.8. The predicted octanol–water partition coefficient (Wildman–Crippen LogP) is 4.66. The molecule has 2 atom stereocenters. The maximum atomic E-state index is 13.0. The van der Waals surface area contributed by atoms with Crippen LogP contribution in [0.3, 0.4) is 0 Å². The first kappa shape index (κ1) is 23.6. The van der Waals surface area contributed by atoms with E-state index in [0.29, 0.717) is 17.1 Å². The van der Waals surface area contributed by atoms with Crippen molar-refractivity contribution in [1.82, 2.24) is 0 Å². The molecule has 0 fully saturated rings. The minimum absolute atomic E-state index is 0.0276. The van der Waals surface area contributed by atoms with E-state index in [4.69, 9.17) is 18.6 Å². The van der Waals surface area contributed by atoms with Gasteiger partial charge >= 0.3 is 5.97 Å². The second-order valence-electron chi connectivity index (χ2n) is 7.91. The first-order valence-electron chi connectivity index (χ1n) is 9.75. The van der Waals surface area contributed by atoms with E-state index in [1.165, 1.54) is 7.11 Å². The summed E-state index contributed by atoms with van der Waals surface area (Å²) in [4.78, 5) is 25.7. The van der Waals surface area contributed by atoms with E-state index in [0.717, 1.165) is 5.56 Å². The first-order valence-corrected chi connectivity index (χ1v) is 13.2. The average Bonchev–Trinajstić information content (AvgIpc) is 2.74. The standard InChI is InChI=1S/C23H30O6Si/c1-26-18-11-7-16(8-12-18)21(24)15-20(23(25)28-3)22(29-30(4,5)6)17-9-13-19(27-2)14-10-17/h7-14,20,22H,15H2,1-6H3. The zero-order chi connectivity index (χ0) is 22.3. The van der Waals surface area contributed by atoms with Gasteiger partial charge in [0.25, 0.3) is 0 Å². The van der Waals surface area contributed by atoms with Crippen molar-refractivity contribution in [3.63, 3.8) is 0 Å². The second-order valence-corrected chi connectivity index (χ2v) is 12.4. The number of ketones is 1. The molecule has 0 bridgehead atoms. The normalized spacial score (nSPS) is 13.3. The highest BCUT2D eigenvalue weighted by atomic mass is 28.4. The Morgan fingerprint density at radius 3 is 1.77 bits per heavy atom. The van der Waals surface area contributed by atoms with E-state index in [1.807, 2.05) is 43.9 Å². The molecule has 0 aliphatic carbocycles. The van der Waals surface area contributed by atoms with E-state index < -0.39 is 26.3 Å². The van der Waals surface area contributed by atoms with E-state index in [-0.39, 0.29) is 12.2 Å². The van der Waals surface area contributed by atoms with Crippen LogP contribution in [0.4, 0.5) is 0 Å². The molecule has 2 rings (SSSR count). The summed E-state index contributed by atoms with van der Waals surface area (Å²) in [6, 6.07) is 14.2. The molecule has 0 aliphatic heterocycles. The van der Waals surface area contributed by atoms with E-state index in [1.54, 1.807) is 38.5 Å². The lowest BCUT2D eigenvalue weighted by Gasteiger charge is -2.31. The zero-order valence-corrected chi connectivity index (χ0v) is 19.4. The number of hydrogen-bond donors (Lipinski definition) is 0. The first-order chi connectivity index (χ1) is 14.2. The van der Waals surface area contributed by atoms with Gasteiger partial charge in [0, 0.05) is 12.0 Å². The number of benzene rings is 2. The number of carbonyl (C=O) groups excluding carboxylic acids is 2. The summed E-state index contributed by atoms with van der Waals surface area (Å²) in [5.41, 5.74) is 1.31. The number of esters is 1. The van der Waals surface area contributed by atoms with Gasteiger partial charge in [-0.25, -0.2) is 0 Å². The maximum absolute atomic E-state index is 13.0. The average molecular weight is 431 g/mol. The third-order valence-corrected chi connectivity index (χ3v) is 5.57. The number of carbonyl (C=O) groups is 2. The van der Waals surface area contributed by atoms with Gasteiger partial charge in [0.15, 0.2) is 14.1 Å². The highest BCUT2D eigenvalue weighted by molar-refractivity contribution is 6.69. The maximum Gasteiger partial charge on any atom is 0.312 e. The lowest BCUT2D eigenvalue weighted by molar-refractivity contribution is -0.149. The number of methoxy groups -OCH3 is 3. The van der Waals surface area contributed by atoms with E-state index in [9.17, 15) is 9.59 Å². The van der Waals surface area contributed by atoms with Gasteiger partial charge in [-0.05, 0) is 61.6 Å². The fraction of sp³-hybridized carbons (Fsp3) is 0.391. The Morgan fingerprint density at radius 2 is 1.33 bits per heavy atom. The number of hydrogen-bond acceptors (Lipinski definition) is 6. The van der Waals surface area contributed by atoms with E-state index in [2.05, 4.69) is 0 Å². The van der Waals surface area contributed by atoms with Gasteiger partial charge in [0.2, 0.25) is 0 Å². The molecule has 0 amide bonds. The lowest BCUT2D eigenvalue weighted by atomic mass is 9.89. The molecule has 162 valence electrons. The van der Waals surface area contributed by atoms with Crippen LogP contribution in [0.2, 0.25) is 19.6 Å². The highest BCUT2D eigenvalue weighted by Gasteiger charge is 2.36. The molecule has 0 aliphatic rings. The molecule has 2 aromatic carbocycles. The smallest absolute Gasteiger partial charge is 0.312 e. The van der Waals surface area contributed by atoms with Gasteiger partial charge in [0.05, 0.1) is 33.4 Å². The van der Waals surface area contributed by atoms with Crippen LogP contribution in [0.1, 0.15) is 28.4 Å². The Bertz CT molecular complexity index is 839. The van der Waals surface area contributed by atoms with Crippen molar-refractivity contribution in [2.24, 2.45) is 5.92 Å². The summed E-state index contributed by atoms with van der Waals surface area (Å²) in [6.45, 7) is 6.13. The van der Waals surface area contributed by atoms with Crippen LogP contribution in [0.15, 0.2) is 48.5 Å². The molecule has 0 spiro atoms. The van der Waals surface area contributed by atoms with Crippen molar-refractivity contribution >= 4 is 20.1 Å². The molecule has 30 heavy (non-hydrogen) atoms. The molecule has 0 radical (unpaired) electrons. The molecule has 0 aromatic heterocycles. The lowest BCUT2D eigenvalue weighted by Crippen LogP contribution is -2.35. The van der Waals surface area contributed by atoms with Gasteiger partial charge in [-0.3, -0.25) is 9.59 Å². The Hall–Kier alpha value is -2.64. The van der Waals surface area contributed by atoms with Crippen LogP contribution < -0.4 is 9.47 Å². The summed E-state index contributed by atoms with van der Waals surface area (Å²) >= 11 is 0. The monoisotopic (exact) mass is 430 g/mol. The molecule has 2 aromatic rings. The van der Waals surface area contributed by atoms with Crippen molar-refractivity contribution in [1.29, 1.82) is 0 Å². The zero-order valence-electron chi connectivity index (χ0n) is 18.4. The van der Waals surface area contributed by atoms with Crippen molar-refractivity contribution in [3.05, 3.63) is 59.7 Å². The van der Waals surface area contributed by atoms with Crippen LogP contribution >= 0.6 is 0 Å². The largest absolute Gasteiger partial charge is 0.497 e. The Labute approximate surface area is 179 Å². The van der Waals surface area contributed by atoms with Crippen LogP contribution in [0, 0.1) is 5.92 Å². The Balaban J connectivity index is 2.38. The number of rotatable bonds is 10. The summed E-state index contributed by atoms with van der Waals surface area (Å²) in [5.74, 6) is -0.0462. The van der Waals surface area contributed by atoms with Crippen molar-refractivity contribution in [2.45, 2.75) is 32.2 Å². The fourth-order valence-corrected chi connectivity index (χ4v) is 4.18. The van der Waals surface area contributed by atoms with Crippen LogP contribution in [-0.2, 0) is 14.0 Å². The van der Waals surface area contributed by atoms with Crippen LogP contribution in [-0.4, -0.2) is 41.4 Å². The fourth-order valence-electron chi connectivity index (χ4n) is 3.12. The molecular weight excluding hydrogens is 400 g/mol. The topological polar surface area (TPSA) is 71.1 Å². The highest BCUT2D eigenvalue weighted by Crippen LogP contribution is 2.34. The van der Waals surface area contributed by atoms with E-state index >= 15 is 0 Å². The third-order valence-electron chi connectivity index (χ3n) is 4.61. The Kier molecular flexibility index (Phi) is 8.20. The number of ether oxygens (including phenoxy) is 3. The molecule has 7 heteroatoms. The van der Waals surface area contributed by atoms with Gasteiger partial charge in [-0.15, -0.1) is 0 Å². The van der Waals surface area contributed by atoms with Gasteiger partial charge in [0.1, 0.15) is 11.5 Å². The SMILES string of the molecule is COC(=O)C(CC(=O)c1ccc(OC)cc1)C(O[Si](C)(C)C)c1ccc(OC)cc1. The quantitative estimate of drug-likeness (QED) is 0.310. The molecular formula is C23H30O6Si. The van der Waals surface area contributed by atoms with Crippen molar-refractivity contribution < 1.29 is 28.2 Å². The molecule has 0 saturated heterocycles. The molecule has 0 N–H and O–H groups in total. The summed E-state index contributed by atoms with van der Waals surface area (Å²) in [7, 11) is 2.43. The van der Waals surface area contributed by atoms with Gasteiger partial charge in [-0.2, -0.15) is 0 Å². The van der Waals surface area contributed by atoms with Gasteiger partial charge < -0.3 is 18.6 Å². The third kappa shape index (κ3) is 6.43. The molecule has 6 nitrogen and oxygen atoms in total. The second kappa shape index (κ2) is 10.4. The summed E-state index contributed by atoms with van der Waals surface area (Å²) in [5, 5.41) is 0. The van der Waals surface area contributed by atoms with Crippen molar-refractivity contribution in [3.8, 4) is 11.5 Å². The number of Topliss-reactive ketones (excluding diaryl/α,β-unsaturated/α-hetero) is 1. The Morgan fingerprint density at radius 1 is 0.833 bits per heavy atom. The van der Waals surface area contributed by atoms with Crippen LogP contribution in [0.5, 0.6) is 11.5 Å².